The summed E-state index contributed by atoms with van der Waals surface area (Å²) in [6.07, 6.45) is 4.42. The molecule has 1 heterocycles. The molecule has 1 aromatic heterocycles. The topological polar surface area (TPSA) is 80.7 Å². The molecule has 0 saturated carbocycles. The Balaban J connectivity index is 2.43. The van der Waals surface area contributed by atoms with E-state index in [0.29, 0.717) is 0 Å². The number of hydrogen-bond donors (Lipinski definition) is 1. The number of carbonyl (C=O) groups is 1. The lowest BCUT2D eigenvalue weighted by Crippen LogP contribution is -2.75. The molecule has 0 bridgehead atoms. The molecule has 0 aliphatic heterocycles. The minimum absolute atomic E-state index is 0.411. The third-order valence-corrected chi connectivity index (χ3v) is 4.17. The third-order valence-electron chi connectivity index (χ3n) is 2.74. The fourth-order valence-electron chi connectivity index (χ4n) is 1.37. The SMILES string of the molecule is CC(C)(SCCc1ccncc1)[C@@H]([NH3+])C(=O)[O-]. The van der Waals surface area contributed by atoms with Crippen LogP contribution in [0.15, 0.2) is 24.5 Å². The first-order valence-corrected chi connectivity index (χ1v) is 6.49. The highest BCUT2D eigenvalue weighted by Gasteiger charge is 2.31. The molecule has 0 aliphatic carbocycles. The van der Waals surface area contributed by atoms with Gasteiger partial charge >= 0.3 is 0 Å². The molecule has 1 aromatic rings. The van der Waals surface area contributed by atoms with Crippen LogP contribution in [-0.2, 0) is 11.2 Å². The molecule has 3 N–H and O–H groups in total. The first-order valence-electron chi connectivity index (χ1n) is 5.50. The Hall–Kier alpha value is -1.07. The normalized spacial score (nSPS) is 13.4. The van der Waals surface area contributed by atoms with Crippen molar-refractivity contribution >= 4 is 17.7 Å². The summed E-state index contributed by atoms with van der Waals surface area (Å²) in [6.45, 7) is 3.77. The second-order valence-corrected chi connectivity index (χ2v) is 6.18. The smallest absolute Gasteiger partial charge is 0.139 e. The van der Waals surface area contributed by atoms with E-state index in [9.17, 15) is 9.90 Å². The van der Waals surface area contributed by atoms with Gasteiger partial charge in [-0.1, -0.05) is 0 Å². The van der Waals surface area contributed by atoms with E-state index in [1.165, 1.54) is 5.56 Å². The summed E-state index contributed by atoms with van der Waals surface area (Å²) < 4.78 is -0.411. The first-order chi connectivity index (χ1) is 7.93. The molecule has 0 saturated heterocycles. The van der Waals surface area contributed by atoms with Crippen molar-refractivity contribution in [2.45, 2.75) is 31.1 Å². The Labute approximate surface area is 106 Å². The van der Waals surface area contributed by atoms with Crippen LogP contribution >= 0.6 is 11.8 Å². The molecule has 17 heavy (non-hydrogen) atoms. The van der Waals surface area contributed by atoms with E-state index in [0.717, 1.165) is 12.2 Å². The van der Waals surface area contributed by atoms with Crippen molar-refractivity contribution in [3.8, 4) is 0 Å². The molecule has 0 amide bonds. The number of carboxylic acid groups (broad SMARTS) is 1. The van der Waals surface area contributed by atoms with E-state index in [1.54, 1.807) is 24.2 Å². The fourth-order valence-corrected chi connectivity index (χ4v) is 2.53. The van der Waals surface area contributed by atoms with Crippen LogP contribution in [0.3, 0.4) is 0 Å². The molecule has 0 fully saturated rings. The van der Waals surface area contributed by atoms with Crippen LogP contribution < -0.4 is 10.8 Å². The van der Waals surface area contributed by atoms with Crippen molar-refractivity contribution in [1.29, 1.82) is 0 Å². The lowest BCUT2D eigenvalue weighted by atomic mass is 10.1. The predicted molar refractivity (Wildman–Crippen MR) is 66.2 cm³/mol. The van der Waals surface area contributed by atoms with Gasteiger partial charge in [0.25, 0.3) is 0 Å². The van der Waals surface area contributed by atoms with E-state index in [4.69, 9.17) is 0 Å². The van der Waals surface area contributed by atoms with Gasteiger partial charge in [-0.2, -0.15) is 0 Å². The van der Waals surface area contributed by atoms with Gasteiger partial charge in [0.15, 0.2) is 0 Å². The van der Waals surface area contributed by atoms with Crippen LogP contribution in [-0.4, -0.2) is 27.5 Å². The second kappa shape index (κ2) is 6.02. The lowest BCUT2D eigenvalue weighted by molar-refractivity contribution is -0.442. The van der Waals surface area contributed by atoms with Gasteiger partial charge in [-0.3, -0.25) is 4.98 Å². The zero-order valence-electron chi connectivity index (χ0n) is 10.2. The van der Waals surface area contributed by atoms with Crippen molar-refractivity contribution in [2.24, 2.45) is 0 Å². The standard InChI is InChI=1S/C12H18N2O2S/c1-12(2,10(13)11(15)16)17-8-5-9-3-6-14-7-4-9/h3-4,6-7,10H,5,8,13H2,1-2H3,(H,15,16)/t10-/m0/s1. The van der Waals surface area contributed by atoms with Gasteiger partial charge in [0, 0.05) is 12.4 Å². The maximum absolute atomic E-state index is 10.8. The zero-order valence-corrected chi connectivity index (χ0v) is 11.0. The monoisotopic (exact) mass is 254 g/mol. The Bertz CT molecular complexity index is 368. The van der Waals surface area contributed by atoms with Crippen molar-refractivity contribution < 1.29 is 15.6 Å². The highest BCUT2D eigenvalue weighted by Crippen LogP contribution is 2.26. The summed E-state index contributed by atoms with van der Waals surface area (Å²) in [7, 11) is 0. The van der Waals surface area contributed by atoms with E-state index < -0.39 is 16.8 Å². The number of hydrogen-bond acceptors (Lipinski definition) is 4. The van der Waals surface area contributed by atoms with Crippen LogP contribution in [0.5, 0.6) is 0 Å². The molecule has 0 unspecified atom stereocenters. The van der Waals surface area contributed by atoms with Crippen LogP contribution in [0, 0.1) is 0 Å². The Morgan fingerprint density at radius 1 is 1.53 bits per heavy atom. The lowest BCUT2D eigenvalue weighted by Gasteiger charge is -2.28. The van der Waals surface area contributed by atoms with Crippen LogP contribution in [0.2, 0.25) is 0 Å². The number of rotatable bonds is 6. The quantitative estimate of drug-likeness (QED) is 0.742. The van der Waals surface area contributed by atoms with Gasteiger partial charge < -0.3 is 15.6 Å². The number of aryl methyl sites for hydroxylation is 1. The number of quaternary nitrogens is 1. The molecule has 0 aromatic carbocycles. The average molecular weight is 254 g/mol. The summed E-state index contributed by atoms with van der Waals surface area (Å²) in [6, 6.07) is 3.23. The molecule has 0 radical (unpaired) electrons. The summed E-state index contributed by atoms with van der Waals surface area (Å²) in [5, 5.41) is 10.8. The predicted octanol–water partition coefficient (Wildman–Crippen LogP) is -0.504. The first kappa shape index (κ1) is 14.0. The van der Waals surface area contributed by atoms with Crippen LogP contribution in [0.1, 0.15) is 19.4 Å². The molecular formula is C12H18N2O2S. The molecular weight excluding hydrogens is 236 g/mol. The van der Waals surface area contributed by atoms with Gasteiger partial charge in [0.05, 0.1) is 4.75 Å². The second-order valence-electron chi connectivity index (χ2n) is 4.43. The van der Waals surface area contributed by atoms with E-state index in [-0.39, 0.29) is 0 Å². The van der Waals surface area contributed by atoms with Gasteiger partial charge in [-0.15, -0.1) is 11.8 Å². The number of nitrogens with zero attached hydrogens (tertiary/aromatic N) is 1. The Morgan fingerprint density at radius 2 is 2.12 bits per heavy atom. The van der Waals surface area contributed by atoms with Crippen molar-refractivity contribution in [3.63, 3.8) is 0 Å². The van der Waals surface area contributed by atoms with Crippen molar-refractivity contribution in [2.75, 3.05) is 5.75 Å². The fraction of sp³-hybridized carbons (Fsp3) is 0.500. The molecule has 1 rings (SSSR count). The number of aromatic nitrogens is 1. The number of carboxylic acids is 1. The van der Waals surface area contributed by atoms with Crippen LogP contribution in [0.4, 0.5) is 0 Å². The van der Waals surface area contributed by atoms with Gasteiger partial charge in [0.1, 0.15) is 12.0 Å². The summed E-state index contributed by atoms with van der Waals surface area (Å²) in [5.41, 5.74) is 4.85. The average Bonchev–Trinajstić information content (AvgIpc) is 2.29. The molecule has 1 atom stereocenters. The number of carbonyl (C=O) groups excluding carboxylic acids is 1. The van der Waals surface area contributed by atoms with Crippen molar-refractivity contribution in [3.05, 3.63) is 30.1 Å². The molecule has 5 heteroatoms. The number of thioether (sulfide) groups is 1. The maximum Gasteiger partial charge on any atom is 0.139 e. The minimum atomic E-state index is -1.09. The van der Waals surface area contributed by atoms with E-state index in [2.05, 4.69) is 10.7 Å². The minimum Gasteiger partial charge on any atom is -0.544 e. The van der Waals surface area contributed by atoms with Crippen LogP contribution in [0.25, 0.3) is 0 Å². The van der Waals surface area contributed by atoms with Gasteiger partial charge in [-0.05, 0) is 43.7 Å². The highest BCUT2D eigenvalue weighted by molar-refractivity contribution is 8.00. The Morgan fingerprint density at radius 3 is 2.65 bits per heavy atom. The molecule has 0 spiro atoms. The zero-order chi connectivity index (χ0) is 12.9. The largest absolute Gasteiger partial charge is 0.544 e. The number of pyridine rings is 1. The molecule has 0 aliphatic rings. The van der Waals surface area contributed by atoms with E-state index in [1.807, 2.05) is 26.0 Å². The molecule has 4 nitrogen and oxygen atoms in total. The maximum atomic E-state index is 10.8. The summed E-state index contributed by atoms with van der Waals surface area (Å²) in [4.78, 5) is 14.7. The van der Waals surface area contributed by atoms with Gasteiger partial charge in [0.2, 0.25) is 0 Å². The summed E-state index contributed by atoms with van der Waals surface area (Å²) >= 11 is 1.61. The third kappa shape index (κ3) is 4.36. The number of aliphatic carboxylic acids is 1. The van der Waals surface area contributed by atoms with Gasteiger partial charge in [-0.25, -0.2) is 0 Å². The van der Waals surface area contributed by atoms with Crippen molar-refractivity contribution in [1.82, 2.24) is 4.98 Å². The molecule has 94 valence electrons. The highest BCUT2D eigenvalue weighted by atomic mass is 32.2. The Kier molecular flexibility index (Phi) is 4.96. The summed E-state index contributed by atoms with van der Waals surface area (Å²) in [5.74, 6) is -0.234. The van der Waals surface area contributed by atoms with E-state index >= 15 is 0 Å².